The molecule has 172 valence electrons. The molecular weight excluding hydrogens is 412 g/mol. The Kier molecular flexibility index (Phi) is 9.07. The molecule has 0 spiro atoms. The summed E-state index contributed by atoms with van der Waals surface area (Å²) < 4.78 is 5.74. The van der Waals surface area contributed by atoms with E-state index in [0.717, 1.165) is 22.4 Å². The number of nitrogens with zero attached hydrogens (tertiary/aromatic N) is 1. The number of hydrogen-bond acceptors (Lipinski definition) is 3. The summed E-state index contributed by atoms with van der Waals surface area (Å²) in [5, 5.41) is 2.75. The number of carbonyl (C=O) groups is 2. The lowest BCUT2D eigenvalue weighted by Gasteiger charge is -2.31. The van der Waals surface area contributed by atoms with Crippen LogP contribution in [0, 0.1) is 6.92 Å². The number of benzene rings is 3. The van der Waals surface area contributed by atoms with Crippen LogP contribution in [0.25, 0.3) is 0 Å². The highest BCUT2D eigenvalue weighted by atomic mass is 16.5. The van der Waals surface area contributed by atoms with Gasteiger partial charge in [-0.3, -0.25) is 9.59 Å². The maximum absolute atomic E-state index is 13.4. The van der Waals surface area contributed by atoms with Crippen molar-refractivity contribution in [3.8, 4) is 5.75 Å². The van der Waals surface area contributed by atoms with Crippen molar-refractivity contribution in [2.75, 3.05) is 13.7 Å². The Morgan fingerprint density at radius 2 is 1.58 bits per heavy atom. The van der Waals surface area contributed by atoms with Crippen LogP contribution in [0.15, 0.2) is 84.9 Å². The fourth-order valence-corrected chi connectivity index (χ4v) is 3.80. The van der Waals surface area contributed by atoms with E-state index >= 15 is 0 Å². The number of hydrogen-bond donors (Lipinski definition) is 1. The van der Waals surface area contributed by atoms with Crippen molar-refractivity contribution in [3.05, 3.63) is 102 Å². The lowest BCUT2D eigenvalue weighted by Crippen LogP contribution is -2.49. The van der Waals surface area contributed by atoms with Gasteiger partial charge in [-0.1, -0.05) is 78.4 Å². The third kappa shape index (κ3) is 7.49. The summed E-state index contributed by atoms with van der Waals surface area (Å²) in [7, 11) is 1.61. The minimum atomic E-state index is -0.597. The zero-order valence-corrected chi connectivity index (χ0v) is 19.4. The molecule has 0 aliphatic carbocycles. The Bertz CT molecular complexity index is 1020. The highest BCUT2D eigenvalue weighted by Crippen LogP contribution is 2.17. The van der Waals surface area contributed by atoms with Crippen LogP contribution in [0.5, 0.6) is 5.75 Å². The number of ether oxygens (including phenoxy) is 1. The molecule has 0 radical (unpaired) electrons. The lowest BCUT2D eigenvalue weighted by atomic mass is 10.0. The topological polar surface area (TPSA) is 58.6 Å². The van der Waals surface area contributed by atoms with Crippen molar-refractivity contribution in [2.24, 2.45) is 0 Å². The van der Waals surface area contributed by atoms with E-state index < -0.39 is 6.04 Å². The summed E-state index contributed by atoms with van der Waals surface area (Å²) in [5.74, 6) is 0.562. The van der Waals surface area contributed by atoms with Crippen molar-refractivity contribution < 1.29 is 14.3 Å². The minimum Gasteiger partial charge on any atom is -0.494 e. The molecule has 1 atom stereocenters. The molecule has 2 amide bonds. The van der Waals surface area contributed by atoms with Gasteiger partial charge in [0.2, 0.25) is 11.8 Å². The lowest BCUT2D eigenvalue weighted by molar-refractivity contribution is -0.141. The van der Waals surface area contributed by atoms with Gasteiger partial charge in [-0.05, 0) is 36.6 Å². The minimum absolute atomic E-state index is 0.0577. The molecule has 0 heterocycles. The van der Waals surface area contributed by atoms with E-state index in [-0.39, 0.29) is 11.8 Å². The van der Waals surface area contributed by atoms with E-state index in [2.05, 4.69) is 11.4 Å². The summed E-state index contributed by atoms with van der Waals surface area (Å²) >= 11 is 0. The predicted molar refractivity (Wildman–Crippen MR) is 131 cm³/mol. The van der Waals surface area contributed by atoms with Gasteiger partial charge in [-0.25, -0.2) is 0 Å². The van der Waals surface area contributed by atoms with Crippen molar-refractivity contribution >= 4 is 11.8 Å². The van der Waals surface area contributed by atoms with Crippen LogP contribution in [0.3, 0.4) is 0 Å². The van der Waals surface area contributed by atoms with Crippen LogP contribution in [0.1, 0.15) is 29.5 Å². The summed E-state index contributed by atoms with van der Waals surface area (Å²) in [4.78, 5) is 28.0. The molecular formula is C28H32N2O3. The third-order valence-corrected chi connectivity index (χ3v) is 5.50. The van der Waals surface area contributed by atoms with Crippen LogP contribution >= 0.6 is 0 Å². The standard InChI is InChI=1S/C28H32N2O3/c1-22-11-9-14-24(19-22)21-30(26(28(32)29-2)20-23-12-5-3-6-13-23)27(31)17-10-18-33-25-15-7-4-8-16-25/h3-9,11-16,19,26H,10,17-18,20-21H2,1-2H3,(H,29,32)/t26-/m1/s1. The van der Waals surface area contributed by atoms with Crippen molar-refractivity contribution in [3.63, 3.8) is 0 Å². The van der Waals surface area contributed by atoms with E-state index in [0.29, 0.717) is 32.4 Å². The predicted octanol–water partition coefficient (Wildman–Crippen LogP) is 4.54. The fourth-order valence-electron chi connectivity index (χ4n) is 3.80. The molecule has 3 rings (SSSR count). The van der Waals surface area contributed by atoms with Crippen LogP contribution in [-0.4, -0.2) is 36.4 Å². The van der Waals surface area contributed by atoms with Gasteiger partial charge < -0.3 is 15.0 Å². The zero-order valence-electron chi connectivity index (χ0n) is 19.4. The first-order chi connectivity index (χ1) is 16.1. The highest BCUT2D eigenvalue weighted by Gasteiger charge is 2.29. The number of rotatable bonds is 11. The quantitative estimate of drug-likeness (QED) is 0.442. The van der Waals surface area contributed by atoms with Crippen LogP contribution < -0.4 is 10.1 Å². The number of aryl methyl sites for hydroxylation is 1. The van der Waals surface area contributed by atoms with Crippen molar-refractivity contribution in [1.82, 2.24) is 10.2 Å². The van der Waals surface area contributed by atoms with Gasteiger partial charge in [0.1, 0.15) is 11.8 Å². The van der Waals surface area contributed by atoms with Crippen molar-refractivity contribution in [1.29, 1.82) is 0 Å². The fraction of sp³-hybridized carbons (Fsp3) is 0.286. The van der Waals surface area contributed by atoms with Gasteiger partial charge >= 0.3 is 0 Å². The van der Waals surface area contributed by atoms with E-state index in [1.807, 2.05) is 85.8 Å². The average Bonchev–Trinajstić information content (AvgIpc) is 2.84. The second-order valence-electron chi connectivity index (χ2n) is 8.10. The Labute approximate surface area is 196 Å². The number of likely N-dealkylation sites (N-methyl/N-ethyl adjacent to an activating group) is 1. The monoisotopic (exact) mass is 444 g/mol. The third-order valence-electron chi connectivity index (χ3n) is 5.50. The van der Waals surface area contributed by atoms with Gasteiger partial charge in [-0.2, -0.15) is 0 Å². The summed E-state index contributed by atoms with van der Waals surface area (Å²) in [5.41, 5.74) is 3.14. The SMILES string of the molecule is CNC(=O)[C@@H](Cc1ccccc1)N(Cc1cccc(C)c1)C(=O)CCCOc1ccccc1. The Hall–Kier alpha value is -3.60. The molecule has 5 heteroatoms. The molecule has 0 saturated carbocycles. The average molecular weight is 445 g/mol. The smallest absolute Gasteiger partial charge is 0.242 e. The molecule has 3 aromatic carbocycles. The molecule has 1 N–H and O–H groups in total. The molecule has 0 aliphatic rings. The Morgan fingerprint density at radius 3 is 2.24 bits per heavy atom. The molecule has 0 aliphatic heterocycles. The van der Waals surface area contributed by atoms with Crippen LogP contribution in [0.4, 0.5) is 0 Å². The molecule has 0 saturated heterocycles. The maximum atomic E-state index is 13.4. The number of carbonyl (C=O) groups excluding carboxylic acids is 2. The first-order valence-corrected chi connectivity index (χ1v) is 11.3. The molecule has 0 unspecified atom stereocenters. The molecule has 33 heavy (non-hydrogen) atoms. The van der Waals surface area contributed by atoms with Gasteiger partial charge in [-0.15, -0.1) is 0 Å². The summed E-state index contributed by atoms with van der Waals surface area (Å²) in [6.45, 7) is 2.85. The van der Waals surface area contributed by atoms with Crippen LogP contribution in [0.2, 0.25) is 0 Å². The molecule has 0 bridgehead atoms. The largest absolute Gasteiger partial charge is 0.494 e. The second kappa shape index (κ2) is 12.4. The van der Waals surface area contributed by atoms with Gasteiger partial charge in [0.25, 0.3) is 0 Å². The van der Waals surface area contributed by atoms with E-state index in [9.17, 15) is 9.59 Å². The van der Waals surface area contributed by atoms with E-state index in [4.69, 9.17) is 4.74 Å². The highest BCUT2D eigenvalue weighted by molar-refractivity contribution is 5.87. The Balaban J connectivity index is 1.75. The first kappa shape index (κ1) is 24.1. The maximum Gasteiger partial charge on any atom is 0.242 e. The normalized spacial score (nSPS) is 11.5. The molecule has 0 fully saturated rings. The number of amides is 2. The molecule has 0 aromatic heterocycles. The Morgan fingerprint density at radius 1 is 0.909 bits per heavy atom. The zero-order chi connectivity index (χ0) is 23.5. The number of nitrogens with one attached hydrogen (secondary N) is 1. The second-order valence-corrected chi connectivity index (χ2v) is 8.10. The van der Waals surface area contributed by atoms with Gasteiger partial charge in [0.05, 0.1) is 6.61 Å². The van der Waals surface area contributed by atoms with Gasteiger partial charge in [0, 0.05) is 26.4 Å². The molecule has 5 nitrogen and oxygen atoms in total. The summed E-state index contributed by atoms with van der Waals surface area (Å²) in [6, 6.07) is 26.8. The number of para-hydroxylation sites is 1. The van der Waals surface area contributed by atoms with E-state index in [1.165, 1.54) is 0 Å². The van der Waals surface area contributed by atoms with Crippen molar-refractivity contribution in [2.45, 2.75) is 38.8 Å². The van der Waals surface area contributed by atoms with Gasteiger partial charge in [0.15, 0.2) is 0 Å². The van der Waals surface area contributed by atoms with Crippen LogP contribution in [-0.2, 0) is 22.6 Å². The molecule has 3 aromatic rings. The van der Waals surface area contributed by atoms with E-state index in [1.54, 1.807) is 11.9 Å². The summed E-state index contributed by atoms with van der Waals surface area (Å²) in [6.07, 6.45) is 1.34. The first-order valence-electron chi connectivity index (χ1n) is 11.3.